The Bertz CT molecular complexity index is 429. The summed E-state index contributed by atoms with van der Waals surface area (Å²) in [5.41, 5.74) is 0.117. The summed E-state index contributed by atoms with van der Waals surface area (Å²) >= 11 is 0. The number of hydrogen-bond donors (Lipinski definition) is 0. The van der Waals surface area contributed by atoms with E-state index in [0.29, 0.717) is 33.0 Å². The zero-order valence-electron chi connectivity index (χ0n) is 23.3. The van der Waals surface area contributed by atoms with E-state index in [1.165, 1.54) is 89.9 Å². The van der Waals surface area contributed by atoms with Gasteiger partial charge in [-0.3, -0.25) is 0 Å². The Labute approximate surface area is 212 Å². The minimum Gasteiger partial charge on any atom is -0.463 e. The predicted octanol–water partition coefficient (Wildman–Crippen LogP) is 7.89. The Morgan fingerprint density at radius 2 is 1.09 bits per heavy atom. The van der Waals surface area contributed by atoms with Crippen molar-refractivity contribution in [1.29, 1.82) is 0 Å². The van der Waals surface area contributed by atoms with Crippen LogP contribution in [-0.4, -0.2) is 52.7 Å². The van der Waals surface area contributed by atoms with Gasteiger partial charge in [-0.25, -0.2) is 4.79 Å². The van der Waals surface area contributed by atoms with Crippen LogP contribution in [0.4, 0.5) is 0 Å². The third-order valence-electron chi connectivity index (χ3n) is 6.93. The molecule has 1 atom stereocenters. The number of carbonyl (C=O) groups excluding carboxylic acids is 1. The van der Waals surface area contributed by atoms with E-state index in [1.807, 2.05) is 0 Å². The summed E-state index contributed by atoms with van der Waals surface area (Å²) in [6.07, 6.45) is 21.9. The summed E-state index contributed by atoms with van der Waals surface area (Å²) in [7, 11) is 1.65. The molecule has 0 rings (SSSR count). The quantitative estimate of drug-likeness (QED) is 0.0872. The molecule has 0 radical (unpaired) electrons. The number of rotatable bonds is 27. The van der Waals surface area contributed by atoms with Gasteiger partial charge in [0.1, 0.15) is 6.61 Å². The Morgan fingerprint density at radius 1 is 0.618 bits per heavy atom. The number of carbonyl (C=O) groups is 1. The molecule has 0 saturated carbocycles. The first-order valence-electron chi connectivity index (χ1n) is 14.4. The van der Waals surface area contributed by atoms with Crippen molar-refractivity contribution in [3.63, 3.8) is 0 Å². The number of esters is 1. The molecule has 0 aliphatic heterocycles. The molecule has 0 aromatic rings. The Balaban J connectivity index is 4.36. The van der Waals surface area contributed by atoms with Crippen LogP contribution in [0.2, 0.25) is 0 Å². The highest BCUT2D eigenvalue weighted by Gasteiger charge is 2.29. The molecule has 0 aromatic heterocycles. The molecule has 34 heavy (non-hydrogen) atoms. The molecule has 0 amide bonds. The molecular formula is C29H58O5. The van der Waals surface area contributed by atoms with Crippen molar-refractivity contribution in [2.45, 2.75) is 130 Å². The maximum Gasteiger partial charge on any atom is 0.332 e. The van der Waals surface area contributed by atoms with E-state index in [-0.39, 0.29) is 18.0 Å². The van der Waals surface area contributed by atoms with Crippen molar-refractivity contribution in [2.75, 3.05) is 46.8 Å². The van der Waals surface area contributed by atoms with Crippen LogP contribution in [0, 0.1) is 5.41 Å². The highest BCUT2D eigenvalue weighted by atomic mass is 16.6. The van der Waals surface area contributed by atoms with Gasteiger partial charge in [0, 0.05) is 12.5 Å². The number of ether oxygens (including phenoxy) is 4. The molecule has 0 aliphatic rings. The molecule has 0 N–H and O–H groups in total. The van der Waals surface area contributed by atoms with Gasteiger partial charge in [0.2, 0.25) is 0 Å². The lowest BCUT2D eigenvalue weighted by molar-refractivity contribution is -0.153. The molecule has 0 aliphatic carbocycles. The second kappa shape index (κ2) is 25.4. The first-order chi connectivity index (χ1) is 16.6. The fraction of sp³-hybridized carbons (Fsp3) is 0.966. The molecule has 5 heteroatoms. The van der Waals surface area contributed by atoms with E-state index >= 15 is 0 Å². The average Bonchev–Trinajstić information content (AvgIpc) is 2.85. The highest BCUT2D eigenvalue weighted by molar-refractivity contribution is 5.70. The summed E-state index contributed by atoms with van der Waals surface area (Å²) < 4.78 is 21.5. The van der Waals surface area contributed by atoms with E-state index in [2.05, 4.69) is 20.8 Å². The normalized spacial score (nSPS) is 13.2. The molecule has 204 valence electrons. The molecule has 0 bridgehead atoms. The Hall–Kier alpha value is -0.650. The minimum atomic E-state index is -0.256. The van der Waals surface area contributed by atoms with Crippen LogP contribution < -0.4 is 0 Å². The van der Waals surface area contributed by atoms with Crippen molar-refractivity contribution < 1.29 is 23.7 Å². The second-order valence-electron chi connectivity index (χ2n) is 9.91. The minimum absolute atomic E-state index is 0.00219. The van der Waals surface area contributed by atoms with Gasteiger partial charge in [-0.05, 0) is 19.3 Å². The zero-order valence-corrected chi connectivity index (χ0v) is 23.3. The summed E-state index contributed by atoms with van der Waals surface area (Å²) in [5.74, 6) is -0.256. The third-order valence-corrected chi connectivity index (χ3v) is 6.93. The fourth-order valence-electron chi connectivity index (χ4n) is 4.43. The molecule has 1 unspecified atom stereocenters. The maximum atomic E-state index is 12.3. The van der Waals surface area contributed by atoms with E-state index in [9.17, 15) is 4.79 Å². The summed E-state index contributed by atoms with van der Waals surface area (Å²) in [6, 6.07) is 0. The summed E-state index contributed by atoms with van der Waals surface area (Å²) in [5, 5.41) is 0. The Morgan fingerprint density at radius 3 is 1.59 bits per heavy atom. The molecule has 0 aromatic carbocycles. The van der Waals surface area contributed by atoms with E-state index in [4.69, 9.17) is 18.9 Å². The van der Waals surface area contributed by atoms with Crippen molar-refractivity contribution in [2.24, 2.45) is 5.41 Å². The van der Waals surface area contributed by atoms with Gasteiger partial charge in [-0.1, -0.05) is 111 Å². The van der Waals surface area contributed by atoms with Crippen LogP contribution in [0.25, 0.3) is 0 Å². The molecule has 0 spiro atoms. The van der Waals surface area contributed by atoms with Gasteiger partial charge in [0.05, 0.1) is 33.0 Å². The van der Waals surface area contributed by atoms with Crippen molar-refractivity contribution in [1.82, 2.24) is 0 Å². The van der Waals surface area contributed by atoms with E-state index < -0.39 is 0 Å². The SMILES string of the molecule is CCCCCCCCCCC(CC)(CCCCCCCC)COC(=O)COCCOCCOC. The van der Waals surface area contributed by atoms with Gasteiger partial charge in [-0.15, -0.1) is 0 Å². The van der Waals surface area contributed by atoms with Crippen LogP contribution >= 0.6 is 0 Å². The lowest BCUT2D eigenvalue weighted by Gasteiger charge is -2.32. The molecule has 0 saturated heterocycles. The fourth-order valence-corrected chi connectivity index (χ4v) is 4.43. The average molecular weight is 487 g/mol. The van der Waals surface area contributed by atoms with Gasteiger partial charge in [0.25, 0.3) is 0 Å². The highest BCUT2D eigenvalue weighted by Crippen LogP contribution is 2.36. The lowest BCUT2D eigenvalue weighted by Crippen LogP contribution is -2.29. The van der Waals surface area contributed by atoms with E-state index in [1.54, 1.807) is 7.11 Å². The van der Waals surface area contributed by atoms with Gasteiger partial charge in [0.15, 0.2) is 0 Å². The summed E-state index contributed by atoms with van der Waals surface area (Å²) in [6.45, 7) is 9.30. The largest absolute Gasteiger partial charge is 0.463 e. The lowest BCUT2D eigenvalue weighted by atomic mass is 9.76. The van der Waals surface area contributed by atoms with Gasteiger partial charge < -0.3 is 18.9 Å². The molecule has 0 fully saturated rings. The predicted molar refractivity (Wildman–Crippen MR) is 142 cm³/mol. The molecule has 0 heterocycles. The maximum absolute atomic E-state index is 12.3. The standard InChI is InChI=1S/C29H58O5/c1-5-8-10-12-14-15-17-19-21-29(7-3,20-18-16-13-11-9-6-2)27-34-28(30)26-33-25-24-32-23-22-31-4/h5-27H2,1-4H3. The Kier molecular flexibility index (Phi) is 25.0. The number of hydrogen-bond acceptors (Lipinski definition) is 5. The van der Waals surface area contributed by atoms with Gasteiger partial charge >= 0.3 is 5.97 Å². The van der Waals surface area contributed by atoms with Crippen LogP contribution in [0.1, 0.15) is 130 Å². The molecule has 5 nitrogen and oxygen atoms in total. The monoisotopic (exact) mass is 486 g/mol. The number of methoxy groups -OCH3 is 1. The van der Waals surface area contributed by atoms with Crippen LogP contribution in [-0.2, 0) is 23.7 Å². The second-order valence-corrected chi connectivity index (χ2v) is 9.91. The first-order valence-corrected chi connectivity index (χ1v) is 14.4. The van der Waals surface area contributed by atoms with Gasteiger partial charge in [-0.2, -0.15) is 0 Å². The first kappa shape index (κ1) is 33.4. The van der Waals surface area contributed by atoms with Crippen LogP contribution in [0.15, 0.2) is 0 Å². The van der Waals surface area contributed by atoms with Crippen molar-refractivity contribution >= 4 is 5.97 Å². The van der Waals surface area contributed by atoms with Crippen molar-refractivity contribution in [3.05, 3.63) is 0 Å². The topological polar surface area (TPSA) is 54.0 Å². The summed E-state index contributed by atoms with van der Waals surface area (Å²) in [4.78, 5) is 12.3. The smallest absolute Gasteiger partial charge is 0.332 e. The zero-order chi connectivity index (χ0) is 25.2. The third kappa shape index (κ3) is 20.7. The van der Waals surface area contributed by atoms with Crippen LogP contribution in [0.3, 0.4) is 0 Å². The number of unbranched alkanes of at least 4 members (excludes halogenated alkanes) is 12. The van der Waals surface area contributed by atoms with Crippen LogP contribution in [0.5, 0.6) is 0 Å². The van der Waals surface area contributed by atoms with E-state index in [0.717, 1.165) is 19.3 Å². The van der Waals surface area contributed by atoms with Crippen molar-refractivity contribution in [3.8, 4) is 0 Å². The molecular weight excluding hydrogens is 428 g/mol.